The van der Waals surface area contributed by atoms with E-state index in [1.807, 2.05) is 18.2 Å². The van der Waals surface area contributed by atoms with E-state index in [-0.39, 0.29) is 11.3 Å². The molecular formula is C11H15NO. The molecule has 1 aromatic carbocycles. The number of ether oxygens (including phenoxy) is 1. The Labute approximate surface area is 78.9 Å². The molecule has 2 rings (SSSR count). The lowest BCUT2D eigenvalue weighted by molar-refractivity contribution is 0.0558. The number of methoxy groups -OCH3 is 1. The second kappa shape index (κ2) is 2.56. The largest absolute Gasteiger partial charge is 0.358 e. The van der Waals surface area contributed by atoms with E-state index < -0.39 is 0 Å². The van der Waals surface area contributed by atoms with E-state index in [0.717, 1.165) is 0 Å². The first-order valence-corrected chi connectivity index (χ1v) is 4.52. The fourth-order valence-electron chi connectivity index (χ4n) is 1.94. The SMILES string of the molecule is COC1(c2ccccc2)NC1(C)C. The van der Waals surface area contributed by atoms with Crippen LogP contribution in [0.1, 0.15) is 19.4 Å². The fourth-order valence-corrected chi connectivity index (χ4v) is 1.94. The van der Waals surface area contributed by atoms with Gasteiger partial charge >= 0.3 is 0 Å². The van der Waals surface area contributed by atoms with Gasteiger partial charge in [0.1, 0.15) is 0 Å². The standard InChI is InChI=1S/C11H15NO/c1-10(2)11(12-10,13-3)9-7-5-4-6-8-9/h4-8,12H,1-3H3. The van der Waals surface area contributed by atoms with Gasteiger partial charge < -0.3 is 4.74 Å². The molecule has 1 N–H and O–H groups in total. The second-order valence-electron chi connectivity index (χ2n) is 4.00. The molecule has 0 saturated carbocycles. The second-order valence-corrected chi connectivity index (χ2v) is 4.00. The fraction of sp³-hybridized carbons (Fsp3) is 0.455. The number of hydrogen-bond donors (Lipinski definition) is 1. The minimum absolute atomic E-state index is 0.0447. The minimum Gasteiger partial charge on any atom is -0.358 e. The molecule has 1 heterocycles. The summed E-state index contributed by atoms with van der Waals surface area (Å²) in [5.41, 5.74) is 0.972. The maximum atomic E-state index is 5.54. The Morgan fingerprint density at radius 1 is 1.15 bits per heavy atom. The van der Waals surface area contributed by atoms with Gasteiger partial charge in [-0.3, -0.25) is 5.32 Å². The molecule has 0 aromatic heterocycles. The van der Waals surface area contributed by atoms with Gasteiger partial charge in [-0.25, -0.2) is 0 Å². The van der Waals surface area contributed by atoms with Crippen LogP contribution in [-0.2, 0) is 10.5 Å². The molecule has 1 fully saturated rings. The molecule has 0 amide bonds. The Kier molecular flexibility index (Phi) is 1.72. The van der Waals surface area contributed by atoms with Crippen LogP contribution in [0.2, 0.25) is 0 Å². The molecule has 1 aliphatic heterocycles. The summed E-state index contributed by atoms with van der Waals surface area (Å²) in [6, 6.07) is 10.3. The van der Waals surface area contributed by atoms with Crippen LogP contribution in [0.15, 0.2) is 30.3 Å². The van der Waals surface area contributed by atoms with Crippen molar-refractivity contribution in [1.82, 2.24) is 5.32 Å². The van der Waals surface area contributed by atoms with Crippen molar-refractivity contribution in [2.24, 2.45) is 0 Å². The van der Waals surface area contributed by atoms with Crippen LogP contribution in [0.4, 0.5) is 0 Å². The number of nitrogens with one attached hydrogen (secondary N) is 1. The molecular weight excluding hydrogens is 162 g/mol. The van der Waals surface area contributed by atoms with E-state index in [4.69, 9.17) is 4.74 Å². The molecule has 0 bridgehead atoms. The van der Waals surface area contributed by atoms with Crippen molar-refractivity contribution in [2.45, 2.75) is 25.1 Å². The third kappa shape index (κ3) is 1.10. The van der Waals surface area contributed by atoms with Crippen molar-refractivity contribution in [1.29, 1.82) is 0 Å². The molecule has 0 radical (unpaired) electrons. The summed E-state index contributed by atoms with van der Waals surface area (Å²) in [5, 5.41) is 3.37. The first kappa shape index (κ1) is 8.73. The van der Waals surface area contributed by atoms with Crippen molar-refractivity contribution < 1.29 is 4.74 Å². The highest BCUT2D eigenvalue weighted by atomic mass is 16.5. The van der Waals surface area contributed by atoms with E-state index in [1.54, 1.807) is 7.11 Å². The van der Waals surface area contributed by atoms with Crippen LogP contribution in [0.5, 0.6) is 0 Å². The van der Waals surface area contributed by atoms with E-state index in [1.165, 1.54) is 5.56 Å². The summed E-state index contributed by atoms with van der Waals surface area (Å²) in [7, 11) is 1.74. The molecule has 2 heteroatoms. The lowest BCUT2D eigenvalue weighted by Gasteiger charge is -2.15. The third-order valence-corrected chi connectivity index (χ3v) is 2.79. The van der Waals surface area contributed by atoms with Crippen LogP contribution < -0.4 is 5.32 Å². The summed E-state index contributed by atoms with van der Waals surface area (Å²) in [4.78, 5) is 0. The summed E-state index contributed by atoms with van der Waals surface area (Å²) >= 11 is 0. The van der Waals surface area contributed by atoms with Gasteiger partial charge in [0, 0.05) is 12.7 Å². The predicted molar refractivity (Wildman–Crippen MR) is 52.3 cm³/mol. The molecule has 1 unspecified atom stereocenters. The first-order chi connectivity index (χ1) is 6.12. The highest BCUT2D eigenvalue weighted by molar-refractivity contribution is 5.34. The van der Waals surface area contributed by atoms with Gasteiger partial charge in [-0.1, -0.05) is 30.3 Å². The number of benzene rings is 1. The lowest BCUT2D eigenvalue weighted by Crippen LogP contribution is -2.20. The first-order valence-electron chi connectivity index (χ1n) is 4.52. The zero-order valence-corrected chi connectivity index (χ0v) is 8.29. The zero-order chi connectivity index (χ0) is 9.53. The molecule has 0 spiro atoms. The van der Waals surface area contributed by atoms with E-state index in [2.05, 4.69) is 31.3 Å². The van der Waals surface area contributed by atoms with Crippen molar-refractivity contribution in [2.75, 3.05) is 7.11 Å². The van der Waals surface area contributed by atoms with E-state index >= 15 is 0 Å². The molecule has 1 saturated heterocycles. The highest BCUT2D eigenvalue weighted by Crippen LogP contribution is 2.47. The van der Waals surface area contributed by atoms with Gasteiger partial charge in [0.05, 0.1) is 5.54 Å². The highest BCUT2D eigenvalue weighted by Gasteiger charge is 2.62. The molecule has 1 aliphatic rings. The van der Waals surface area contributed by atoms with Gasteiger partial charge in [0.15, 0.2) is 5.72 Å². The Balaban J connectivity index is 2.37. The number of rotatable bonds is 2. The van der Waals surface area contributed by atoms with E-state index in [0.29, 0.717) is 0 Å². The van der Waals surface area contributed by atoms with Crippen LogP contribution in [0.25, 0.3) is 0 Å². The van der Waals surface area contributed by atoms with Crippen molar-refractivity contribution in [3.8, 4) is 0 Å². The Morgan fingerprint density at radius 2 is 1.69 bits per heavy atom. The summed E-state index contributed by atoms with van der Waals surface area (Å²) in [6.45, 7) is 4.28. The molecule has 1 aromatic rings. The minimum atomic E-state index is -0.270. The maximum absolute atomic E-state index is 5.54. The van der Waals surface area contributed by atoms with Crippen LogP contribution in [0.3, 0.4) is 0 Å². The lowest BCUT2D eigenvalue weighted by atomic mass is 9.99. The molecule has 70 valence electrons. The summed E-state index contributed by atoms with van der Waals surface area (Å²) < 4.78 is 5.54. The molecule has 13 heavy (non-hydrogen) atoms. The van der Waals surface area contributed by atoms with Gasteiger partial charge in [-0.05, 0) is 13.8 Å². The van der Waals surface area contributed by atoms with Crippen molar-refractivity contribution >= 4 is 0 Å². The third-order valence-electron chi connectivity index (χ3n) is 2.79. The van der Waals surface area contributed by atoms with Gasteiger partial charge in [-0.15, -0.1) is 0 Å². The van der Waals surface area contributed by atoms with Gasteiger partial charge in [0.2, 0.25) is 0 Å². The zero-order valence-electron chi connectivity index (χ0n) is 8.29. The van der Waals surface area contributed by atoms with Crippen LogP contribution >= 0.6 is 0 Å². The summed E-state index contributed by atoms with van der Waals surface area (Å²) in [5.74, 6) is 0. The Bertz CT molecular complexity index is 307. The molecule has 1 atom stereocenters. The number of hydrogen-bond acceptors (Lipinski definition) is 2. The topological polar surface area (TPSA) is 31.2 Å². The average Bonchev–Trinajstić information content (AvgIpc) is 2.72. The van der Waals surface area contributed by atoms with Crippen LogP contribution in [0, 0.1) is 0 Å². The monoisotopic (exact) mass is 177 g/mol. The smallest absolute Gasteiger partial charge is 0.163 e. The van der Waals surface area contributed by atoms with Gasteiger partial charge in [-0.2, -0.15) is 0 Å². The predicted octanol–water partition coefficient (Wildman–Crippen LogP) is 1.87. The Hall–Kier alpha value is -0.860. The molecule has 2 nitrogen and oxygen atoms in total. The van der Waals surface area contributed by atoms with Crippen molar-refractivity contribution in [3.05, 3.63) is 35.9 Å². The maximum Gasteiger partial charge on any atom is 0.163 e. The van der Waals surface area contributed by atoms with Gasteiger partial charge in [0.25, 0.3) is 0 Å². The van der Waals surface area contributed by atoms with E-state index in [9.17, 15) is 0 Å². The normalized spacial score (nSPS) is 30.1. The molecule has 0 aliphatic carbocycles. The summed E-state index contributed by atoms with van der Waals surface area (Å²) in [6.07, 6.45) is 0. The van der Waals surface area contributed by atoms with Crippen LogP contribution in [-0.4, -0.2) is 12.6 Å². The van der Waals surface area contributed by atoms with Crippen molar-refractivity contribution in [3.63, 3.8) is 0 Å². The quantitative estimate of drug-likeness (QED) is 0.699. The average molecular weight is 177 g/mol. The Morgan fingerprint density at radius 3 is 2.08 bits per heavy atom.